The van der Waals surface area contributed by atoms with Crippen molar-refractivity contribution in [2.45, 2.75) is 38.3 Å². The van der Waals surface area contributed by atoms with Crippen LogP contribution in [0.3, 0.4) is 0 Å². The van der Waals surface area contributed by atoms with Crippen LogP contribution in [0.4, 0.5) is 27.6 Å². The van der Waals surface area contributed by atoms with Crippen molar-refractivity contribution < 1.29 is 22.0 Å². The number of nitrogens with one attached hydrogen (secondary N) is 2. The molecule has 2 N–H and O–H groups in total. The average molecular weight is 506 g/mol. The van der Waals surface area contributed by atoms with Gasteiger partial charge in [0.05, 0.1) is 35.7 Å². The summed E-state index contributed by atoms with van der Waals surface area (Å²) in [4.78, 5) is 32.4. The fourth-order valence-corrected chi connectivity index (χ4v) is 3.87. The van der Waals surface area contributed by atoms with Gasteiger partial charge in [-0.05, 0) is 30.5 Å². The number of pyridine rings is 1. The van der Waals surface area contributed by atoms with E-state index in [9.17, 15) is 31.5 Å². The predicted molar refractivity (Wildman–Crippen MR) is 122 cm³/mol. The van der Waals surface area contributed by atoms with Gasteiger partial charge in [-0.1, -0.05) is 0 Å². The molecular formula is C23H19F5N6O2. The molecule has 0 fully saturated rings. The summed E-state index contributed by atoms with van der Waals surface area (Å²) in [5, 5.41) is 7.99. The summed E-state index contributed by atoms with van der Waals surface area (Å²) >= 11 is 0. The van der Waals surface area contributed by atoms with E-state index in [1.54, 1.807) is 5.10 Å². The van der Waals surface area contributed by atoms with E-state index in [2.05, 4.69) is 20.4 Å². The van der Waals surface area contributed by atoms with Gasteiger partial charge in [-0.25, -0.2) is 13.9 Å². The number of fused-ring (bicyclic) bond motifs is 1. The monoisotopic (exact) mass is 506 g/mol. The van der Waals surface area contributed by atoms with Gasteiger partial charge in [0, 0.05) is 36.6 Å². The zero-order valence-corrected chi connectivity index (χ0v) is 18.7. The molecule has 0 aliphatic carbocycles. The number of nitrogens with zero attached hydrogens (tertiary/aromatic N) is 4. The van der Waals surface area contributed by atoms with Crippen LogP contribution in [0.25, 0.3) is 22.0 Å². The molecule has 4 aromatic rings. The zero-order valence-electron chi connectivity index (χ0n) is 18.7. The molecular weight excluding hydrogens is 487 g/mol. The summed E-state index contributed by atoms with van der Waals surface area (Å²) in [6.07, 6.45) is -0.477. The summed E-state index contributed by atoms with van der Waals surface area (Å²) in [6.45, 7) is 1.02. The lowest BCUT2D eigenvalue weighted by atomic mass is 10.1. The minimum Gasteiger partial charge on any atom is -0.381 e. The first kappa shape index (κ1) is 24.9. The average Bonchev–Trinajstić information content (AvgIpc) is 2.80. The Morgan fingerprint density at radius 2 is 1.94 bits per heavy atom. The third kappa shape index (κ3) is 5.24. The topological polar surface area (TPSA) is 106 Å². The van der Waals surface area contributed by atoms with Gasteiger partial charge in [0.15, 0.2) is 0 Å². The summed E-state index contributed by atoms with van der Waals surface area (Å²) in [5.41, 5.74) is -3.65. The summed E-state index contributed by atoms with van der Waals surface area (Å²) in [5.74, 6) is -0.695. The van der Waals surface area contributed by atoms with Crippen molar-refractivity contribution in [1.29, 1.82) is 0 Å². The van der Waals surface area contributed by atoms with Crippen molar-refractivity contribution in [2.24, 2.45) is 0 Å². The molecule has 0 saturated carbocycles. The molecule has 0 aliphatic rings. The Bertz CT molecular complexity index is 1500. The van der Waals surface area contributed by atoms with Crippen molar-refractivity contribution >= 4 is 16.5 Å². The zero-order chi connectivity index (χ0) is 26.0. The number of anilines is 1. The maximum absolute atomic E-state index is 14.8. The lowest BCUT2D eigenvalue weighted by Gasteiger charge is -2.20. The summed E-state index contributed by atoms with van der Waals surface area (Å²) in [7, 11) is 0. The van der Waals surface area contributed by atoms with Crippen LogP contribution >= 0.6 is 0 Å². The standard InChI is InChI=1S/C23H19F5N6O2/c1-12(32-19-10-31-33-21(35)20(19)23(26,27)28)6-14(24)11-34-5-2-13-7-16(18-9-29-3-4-30-18)17(25)8-15(13)22(34)36/h2-5,7-10,12,14H,6,11H2,1H3,(H2,32,33,35)/t12-,14-/m0/s1. The highest BCUT2D eigenvalue weighted by Crippen LogP contribution is 2.32. The predicted octanol–water partition coefficient (Wildman–Crippen LogP) is 3.93. The van der Waals surface area contributed by atoms with Crippen LogP contribution in [0, 0.1) is 5.82 Å². The smallest absolute Gasteiger partial charge is 0.381 e. The number of aromatic nitrogens is 5. The molecule has 0 unspecified atom stereocenters. The van der Waals surface area contributed by atoms with Gasteiger partial charge in [-0.2, -0.15) is 18.3 Å². The van der Waals surface area contributed by atoms with E-state index < -0.39 is 53.1 Å². The van der Waals surface area contributed by atoms with E-state index >= 15 is 0 Å². The molecule has 3 aromatic heterocycles. The quantitative estimate of drug-likeness (QED) is 0.368. The molecule has 13 heteroatoms. The molecule has 8 nitrogen and oxygen atoms in total. The number of alkyl halides is 4. The van der Waals surface area contributed by atoms with Crippen LogP contribution in [0.2, 0.25) is 0 Å². The molecule has 0 aliphatic heterocycles. The Labute approximate surface area is 199 Å². The highest BCUT2D eigenvalue weighted by molar-refractivity contribution is 5.86. The molecule has 36 heavy (non-hydrogen) atoms. The van der Waals surface area contributed by atoms with Crippen LogP contribution in [-0.2, 0) is 12.7 Å². The molecule has 0 spiro atoms. The van der Waals surface area contributed by atoms with Crippen molar-refractivity contribution in [3.63, 3.8) is 0 Å². The maximum Gasteiger partial charge on any atom is 0.423 e. The molecule has 0 amide bonds. The van der Waals surface area contributed by atoms with Gasteiger partial charge < -0.3 is 9.88 Å². The first-order valence-corrected chi connectivity index (χ1v) is 10.7. The molecule has 3 heterocycles. The van der Waals surface area contributed by atoms with Gasteiger partial charge in [0.25, 0.3) is 11.1 Å². The molecule has 1 aromatic carbocycles. The van der Waals surface area contributed by atoms with Crippen LogP contribution < -0.4 is 16.4 Å². The maximum atomic E-state index is 14.8. The van der Waals surface area contributed by atoms with E-state index in [1.807, 2.05) is 0 Å². The summed E-state index contributed by atoms with van der Waals surface area (Å²) < 4.78 is 70.2. The second-order valence-electron chi connectivity index (χ2n) is 8.15. The van der Waals surface area contributed by atoms with Crippen LogP contribution in [0.15, 0.2) is 58.8 Å². The van der Waals surface area contributed by atoms with Gasteiger partial charge in [0.1, 0.15) is 17.6 Å². The second-order valence-corrected chi connectivity index (χ2v) is 8.15. The minimum absolute atomic E-state index is 0.0328. The third-order valence-corrected chi connectivity index (χ3v) is 5.45. The number of rotatable bonds is 7. The molecule has 2 atom stereocenters. The Balaban J connectivity index is 1.51. The number of halogens is 5. The van der Waals surface area contributed by atoms with Crippen molar-refractivity contribution in [2.75, 3.05) is 5.32 Å². The highest BCUT2D eigenvalue weighted by atomic mass is 19.4. The third-order valence-electron chi connectivity index (χ3n) is 5.45. The van der Waals surface area contributed by atoms with Gasteiger partial charge >= 0.3 is 6.18 Å². The largest absolute Gasteiger partial charge is 0.423 e. The lowest BCUT2D eigenvalue weighted by Crippen LogP contribution is -2.30. The lowest BCUT2D eigenvalue weighted by molar-refractivity contribution is -0.138. The SMILES string of the molecule is C[C@@H](C[C@H](F)Cn1ccc2cc(-c3cnccn3)c(F)cc2c1=O)Nc1cn[nH]c(=O)c1C(F)(F)F. The van der Waals surface area contributed by atoms with Crippen molar-refractivity contribution in [3.8, 4) is 11.3 Å². The van der Waals surface area contributed by atoms with E-state index in [0.29, 0.717) is 5.39 Å². The van der Waals surface area contributed by atoms with E-state index in [0.717, 1.165) is 16.8 Å². The van der Waals surface area contributed by atoms with Gasteiger partial charge in [0.2, 0.25) is 0 Å². The minimum atomic E-state index is -4.94. The van der Waals surface area contributed by atoms with Crippen molar-refractivity contribution in [3.05, 3.63) is 81.3 Å². The fourth-order valence-electron chi connectivity index (χ4n) is 3.87. The Morgan fingerprint density at radius 3 is 2.64 bits per heavy atom. The Morgan fingerprint density at radius 1 is 1.17 bits per heavy atom. The van der Waals surface area contributed by atoms with Gasteiger partial charge in [-0.15, -0.1) is 0 Å². The molecule has 188 valence electrons. The van der Waals surface area contributed by atoms with Crippen LogP contribution in [0.1, 0.15) is 18.9 Å². The molecule has 0 radical (unpaired) electrons. The molecule has 4 rings (SSSR count). The Hall–Kier alpha value is -4.16. The number of hydrogen-bond donors (Lipinski definition) is 2. The number of hydrogen-bond acceptors (Lipinski definition) is 6. The molecule has 0 bridgehead atoms. The number of aromatic amines is 1. The Kier molecular flexibility index (Phi) is 6.82. The van der Waals surface area contributed by atoms with E-state index in [4.69, 9.17) is 0 Å². The number of H-pyrrole nitrogens is 1. The molecule has 0 saturated heterocycles. The second kappa shape index (κ2) is 9.84. The normalized spacial score (nSPS) is 13.5. The first-order valence-electron chi connectivity index (χ1n) is 10.7. The summed E-state index contributed by atoms with van der Waals surface area (Å²) in [6, 6.07) is 3.19. The van der Waals surface area contributed by atoms with Crippen LogP contribution in [0.5, 0.6) is 0 Å². The first-order chi connectivity index (χ1) is 17.0. The van der Waals surface area contributed by atoms with Crippen molar-refractivity contribution in [1.82, 2.24) is 24.7 Å². The van der Waals surface area contributed by atoms with Crippen LogP contribution in [-0.4, -0.2) is 36.9 Å². The fraction of sp³-hybridized carbons (Fsp3) is 0.261. The number of benzene rings is 1. The highest BCUT2D eigenvalue weighted by Gasteiger charge is 2.37. The van der Waals surface area contributed by atoms with E-state index in [-0.39, 0.29) is 23.1 Å². The van der Waals surface area contributed by atoms with E-state index in [1.165, 1.54) is 43.8 Å². The van der Waals surface area contributed by atoms with Gasteiger partial charge in [-0.3, -0.25) is 19.6 Å².